The molecule has 2 saturated carbocycles. The van der Waals surface area contributed by atoms with Crippen molar-refractivity contribution in [3.05, 3.63) is 47.6 Å². The van der Waals surface area contributed by atoms with Crippen molar-refractivity contribution in [2.45, 2.75) is 58.2 Å². The van der Waals surface area contributed by atoms with E-state index in [1.807, 2.05) is 13.0 Å². The smallest absolute Gasteiger partial charge is 0.336 e. The number of aldehydes is 1. The Kier molecular flexibility index (Phi) is 8.64. The fourth-order valence-electron chi connectivity index (χ4n) is 6.33. The quantitative estimate of drug-likeness (QED) is 0.209. The van der Waals surface area contributed by atoms with Crippen LogP contribution in [0.2, 0.25) is 0 Å². The van der Waals surface area contributed by atoms with Crippen LogP contribution in [0.4, 0.5) is 0 Å². The number of phenols is 1. The van der Waals surface area contributed by atoms with E-state index in [9.17, 15) is 24.9 Å². The molecule has 1 aromatic carbocycles. The van der Waals surface area contributed by atoms with E-state index in [4.69, 9.17) is 14.6 Å². The molecule has 4 N–H and O–H groups in total. The Morgan fingerprint density at radius 1 is 1.25 bits per heavy atom. The first-order valence-corrected chi connectivity index (χ1v) is 12.4. The monoisotopic (exact) mass is 502 g/mol. The highest BCUT2D eigenvalue weighted by atomic mass is 16.6. The summed E-state index contributed by atoms with van der Waals surface area (Å²) in [5.41, 5.74) is 1.40. The number of methoxy groups -OCH3 is 1. The number of benzene rings is 1. The van der Waals surface area contributed by atoms with Crippen molar-refractivity contribution in [3.63, 3.8) is 0 Å². The van der Waals surface area contributed by atoms with Gasteiger partial charge in [0.05, 0.1) is 25.4 Å². The number of aromatic hydroxyl groups is 1. The van der Waals surface area contributed by atoms with Gasteiger partial charge in [0.2, 0.25) is 0 Å². The van der Waals surface area contributed by atoms with E-state index in [1.54, 1.807) is 0 Å². The van der Waals surface area contributed by atoms with Gasteiger partial charge in [-0.15, -0.1) is 0 Å². The van der Waals surface area contributed by atoms with Gasteiger partial charge in [-0.3, -0.25) is 4.79 Å². The standard InChI is InChI=1S/C20H30O5.C8H8O3/c1-12-4-7-16-19(2,9-8-17(23)20(16,3)11-21)14(12)6-5-13-15(22)10-25-18(13)24;1-11-8-4-6(5-9)2-3-7(8)10/h5,14-17,21-23H,1,4,6-11H2,2-3H3;2-5,10H,1H3/b13-5+;/t14-,15-,16?,17-,19+,20+;/m0./s1. The molecule has 0 bridgehead atoms. The number of phenolic OH excluding ortho intramolecular Hbond substituents is 1. The third-order valence-corrected chi connectivity index (χ3v) is 8.57. The second-order valence-corrected chi connectivity index (χ2v) is 10.6. The average Bonchev–Trinajstić information content (AvgIpc) is 3.19. The lowest BCUT2D eigenvalue weighted by Gasteiger charge is -2.59. The maximum atomic E-state index is 11.8. The zero-order valence-corrected chi connectivity index (χ0v) is 21.3. The van der Waals surface area contributed by atoms with Crippen molar-refractivity contribution in [2.24, 2.45) is 22.7 Å². The first-order valence-electron chi connectivity index (χ1n) is 12.4. The number of esters is 1. The van der Waals surface area contributed by atoms with Crippen LogP contribution in [0.15, 0.2) is 42.0 Å². The summed E-state index contributed by atoms with van der Waals surface area (Å²) in [6.45, 7) is 8.50. The SMILES string of the molecule is C=C1CCC2[C@](C)(CC[C@H](O)[C@]2(C)CO)[C@H]1C/C=C1/C(=O)OC[C@@H]1O.COc1cc(C=O)ccc1O. The summed E-state index contributed by atoms with van der Waals surface area (Å²) in [7, 11) is 1.43. The zero-order valence-electron chi connectivity index (χ0n) is 21.3. The first kappa shape index (κ1) is 27.9. The van der Waals surface area contributed by atoms with Crippen molar-refractivity contribution in [1.29, 1.82) is 0 Å². The maximum Gasteiger partial charge on any atom is 0.336 e. The maximum absolute atomic E-state index is 11.8. The van der Waals surface area contributed by atoms with E-state index in [0.717, 1.165) is 24.8 Å². The molecule has 2 aliphatic carbocycles. The van der Waals surface area contributed by atoms with E-state index in [1.165, 1.54) is 25.3 Å². The molecule has 1 heterocycles. The van der Waals surface area contributed by atoms with Crippen molar-refractivity contribution in [2.75, 3.05) is 20.3 Å². The van der Waals surface area contributed by atoms with Gasteiger partial charge >= 0.3 is 5.97 Å². The molecule has 8 nitrogen and oxygen atoms in total. The van der Waals surface area contributed by atoms with Gasteiger partial charge in [0, 0.05) is 11.0 Å². The first-order chi connectivity index (χ1) is 17.0. The third kappa shape index (κ3) is 5.21. The number of allylic oxidation sites excluding steroid dienone is 2. The largest absolute Gasteiger partial charge is 0.504 e. The minimum Gasteiger partial charge on any atom is -0.504 e. The Morgan fingerprint density at radius 2 is 1.97 bits per heavy atom. The summed E-state index contributed by atoms with van der Waals surface area (Å²) >= 11 is 0. The van der Waals surface area contributed by atoms with Gasteiger partial charge in [-0.05, 0) is 67.6 Å². The van der Waals surface area contributed by atoms with Crippen molar-refractivity contribution >= 4 is 12.3 Å². The van der Waals surface area contributed by atoms with Gasteiger partial charge in [0.1, 0.15) is 19.0 Å². The lowest BCUT2D eigenvalue weighted by molar-refractivity contribution is -0.151. The van der Waals surface area contributed by atoms with Crippen LogP contribution in [-0.4, -0.2) is 65.2 Å². The number of rotatable bonds is 5. The highest BCUT2D eigenvalue weighted by Crippen LogP contribution is 2.61. The number of aliphatic hydroxyl groups excluding tert-OH is 3. The van der Waals surface area contributed by atoms with Gasteiger partial charge in [-0.1, -0.05) is 32.1 Å². The van der Waals surface area contributed by atoms with Crippen LogP contribution in [0, 0.1) is 22.7 Å². The topological polar surface area (TPSA) is 134 Å². The third-order valence-electron chi connectivity index (χ3n) is 8.57. The van der Waals surface area contributed by atoms with Gasteiger partial charge in [-0.25, -0.2) is 4.79 Å². The van der Waals surface area contributed by atoms with E-state index >= 15 is 0 Å². The summed E-state index contributed by atoms with van der Waals surface area (Å²) in [5.74, 6) is 0.281. The van der Waals surface area contributed by atoms with Gasteiger partial charge < -0.3 is 29.9 Å². The Balaban J connectivity index is 0.000000275. The van der Waals surface area contributed by atoms with Crippen LogP contribution in [0.3, 0.4) is 0 Å². The molecule has 0 aromatic heterocycles. The number of aliphatic hydroxyl groups is 3. The second-order valence-electron chi connectivity index (χ2n) is 10.6. The Hall–Kier alpha value is -2.68. The molecule has 3 aliphatic rings. The molecule has 3 fully saturated rings. The van der Waals surface area contributed by atoms with Crippen LogP contribution < -0.4 is 4.74 Å². The van der Waals surface area contributed by atoms with Crippen molar-refractivity contribution in [3.8, 4) is 11.5 Å². The molecule has 1 unspecified atom stereocenters. The Bertz CT molecular complexity index is 1020. The molecular weight excluding hydrogens is 464 g/mol. The lowest BCUT2D eigenvalue weighted by atomic mass is 9.46. The minimum absolute atomic E-state index is 0.0280. The minimum atomic E-state index is -0.844. The number of cyclic esters (lactones) is 1. The zero-order chi connectivity index (χ0) is 26.7. The van der Waals surface area contributed by atoms with E-state index < -0.39 is 23.6 Å². The summed E-state index contributed by atoms with van der Waals surface area (Å²) in [6.07, 6.45) is 5.11. The predicted octanol–water partition coefficient (Wildman–Crippen LogP) is 3.18. The fourth-order valence-corrected chi connectivity index (χ4v) is 6.33. The van der Waals surface area contributed by atoms with E-state index in [0.29, 0.717) is 36.0 Å². The number of hydrogen-bond acceptors (Lipinski definition) is 8. The van der Waals surface area contributed by atoms with Gasteiger partial charge in [-0.2, -0.15) is 0 Å². The average molecular weight is 503 g/mol. The van der Waals surface area contributed by atoms with Gasteiger partial charge in [0.25, 0.3) is 0 Å². The molecule has 4 rings (SSSR count). The number of fused-ring (bicyclic) bond motifs is 1. The second kappa shape index (κ2) is 11.2. The van der Waals surface area contributed by atoms with E-state index in [-0.39, 0.29) is 36.2 Å². The summed E-state index contributed by atoms with van der Waals surface area (Å²) < 4.78 is 9.67. The number of carbonyl (C=O) groups excluding carboxylic acids is 2. The van der Waals surface area contributed by atoms with Crippen LogP contribution in [0.5, 0.6) is 11.5 Å². The summed E-state index contributed by atoms with van der Waals surface area (Å²) in [6, 6.07) is 4.41. The van der Waals surface area contributed by atoms with Crippen LogP contribution in [0.1, 0.15) is 56.3 Å². The fraction of sp³-hybridized carbons (Fsp3) is 0.571. The van der Waals surface area contributed by atoms with Crippen molar-refractivity contribution in [1.82, 2.24) is 0 Å². The van der Waals surface area contributed by atoms with Crippen LogP contribution in [-0.2, 0) is 9.53 Å². The molecule has 0 spiro atoms. The molecule has 0 radical (unpaired) electrons. The summed E-state index contributed by atoms with van der Waals surface area (Å²) in [5, 5.41) is 39.5. The highest BCUT2D eigenvalue weighted by Gasteiger charge is 2.57. The van der Waals surface area contributed by atoms with E-state index in [2.05, 4.69) is 13.5 Å². The Morgan fingerprint density at radius 3 is 2.56 bits per heavy atom. The number of hydrogen-bond donors (Lipinski definition) is 4. The van der Waals surface area contributed by atoms with Crippen molar-refractivity contribution < 1.29 is 39.5 Å². The molecule has 0 amide bonds. The normalized spacial score (nSPS) is 34.9. The molecule has 198 valence electrons. The summed E-state index contributed by atoms with van der Waals surface area (Å²) in [4.78, 5) is 22.0. The Labute approximate surface area is 212 Å². The lowest BCUT2D eigenvalue weighted by Crippen LogP contribution is -2.57. The molecule has 1 aromatic rings. The van der Waals surface area contributed by atoms with Crippen LogP contribution in [0.25, 0.3) is 0 Å². The van der Waals surface area contributed by atoms with Crippen LogP contribution >= 0.6 is 0 Å². The molecule has 8 heteroatoms. The number of carbonyl (C=O) groups is 2. The molecule has 1 aliphatic heterocycles. The molecule has 36 heavy (non-hydrogen) atoms. The molecule has 1 saturated heterocycles. The van der Waals surface area contributed by atoms with Gasteiger partial charge in [0.15, 0.2) is 11.5 Å². The highest BCUT2D eigenvalue weighted by molar-refractivity contribution is 5.91. The molecule has 6 atom stereocenters. The predicted molar refractivity (Wildman–Crippen MR) is 134 cm³/mol. The number of ether oxygens (including phenoxy) is 2. The molecular formula is C28H38O8.